The molecule has 0 saturated carbocycles. The highest BCUT2D eigenvalue weighted by molar-refractivity contribution is 5.94. The Bertz CT molecular complexity index is 460. The lowest BCUT2D eigenvalue weighted by molar-refractivity contribution is -0.138. The van der Waals surface area contributed by atoms with Gasteiger partial charge < -0.3 is 5.73 Å². The third-order valence-electron chi connectivity index (χ3n) is 1.94. The Morgan fingerprint density at radius 3 is 2.50 bits per heavy atom. The van der Waals surface area contributed by atoms with E-state index in [4.69, 9.17) is 11.0 Å². The molecule has 0 unspecified atom stereocenters. The Hall–Kier alpha value is -2.03. The lowest BCUT2D eigenvalue weighted by atomic mass is 10.0. The second-order valence-corrected chi connectivity index (χ2v) is 3.08. The van der Waals surface area contributed by atoms with E-state index in [0.717, 1.165) is 12.1 Å². The minimum atomic E-state index is -4.66. The Kier molecular flexibility index (Phi) is 3.18. The monoisotopic (exact) mass is 228 g/mol. The molecule has 2 N–H and O–H groups in total. The fourth-order valence-electron chi connectivity index (χ4n) is 1.24. The Morgan fingerprint density at radius 2 is 2.06 bits per heavy atom. The van der Waals surface area contributed by atoms with Crippen LogP contribution >= 0.6 is 0 Å². The van der Waals surface area contributed by atoms with Gasteiger partial charge in [0.2, 0.25) is 5.91 Å². The summed E-state index contributed by atoms with van der Waals surface area (Å²) in [6.07, 6.45) is -4.81. The van der Waals surface area contributed by atoms with Gasteiger partial charge in [-0.15, -0.1) is 0 Å². The predicted octanol–water partition coefficient (Wildman–Crippen LogP) is 1.87. The summed E-state index contributed by atoms with van der Waals surface area (Å²) < 4.78 is 37.6. The molecular formula is C10H7F3N2O. The molecule has 84 valence electrons. The molecule has 16 heavy (non-hydrogen) atoms. The van der Waals surface area contributed by atoms with Gasteiger partial charge in [0.25, 0.3) is 0 Å². The number of rotatable bonds is 2. The quantitative estimate of drug-likeness (QED) is 0.839. The van der Waals surface area contributed by atoms with Gasteiger partial charge in [-0.1, -0.05) is 6.07 Å². The zero-order valence-corrected chi connectivity index (χ0v) is 8.01. The molecule has 1 rings (SSSR count). The van der Waals surface area contributed by atoms with Crippen molar-refractivity contribution in [2.75, 3.05) is 0 Å². The summed E-state index contributed by atoms with van der Waals surface area (Å²) in [6.45, 7) is 0. The molecule has 0 atom stereocenters. The molecule has 1 aromatic carbocycles. The molecule has 0 aliphatic heterocycles. The number of halogens is 3. The number of nitrogens with zero attached hydrogens (tertiary/aromatic N) is 1. The standard InChI is InChI=1S/C10H7F3N2O/c11-10(12,13)8-5-6(3-4-14)1-2-7(8)9(15)16/h1-2,5H,3H2,(H2,15,16). The molecular weight excluding hydrogens is 221 g/mol. The van der Waals surface area contributed by atoms with E-state index in [2.05, 4.69) is 0 Å². The molecule has 0 aromatic heterocycles. The van der Waals surface area contributed by atoms with Crippen LogP contribution in [0.3, 0.4) is 0 Å². The summed E-state index contributed by atoms with van der Waals surface area (Å²) in [7, 11) is 0. The van der Waals surface area contributed by atoms with Gasteiger partial charge in [0.15, 0.2) is 0 Å². The van der Waals surface area contributed by atoms with E-state index in [-0.39, 0.29) is 12.0 Å². The number of hydrogen-bond acceptors (Lipinski definition) is 2. The first-order valence-electron chi connectivity index (χ1n) is 4.23. The van der Waals surface area contributed by atoms with Gasteiger partial charge in [0.05, 0.1) is 23.6 Å². The van der Waals surface area contributed by atoms with E-state index < -0.39 is 23.2 Å². The van der Waals surface area contributed by atoms with Crippen LogP contribution in [0.25, 0.3) is 0 Å². The maximum absolute atomic E-state index is 12.5. The van der Waals surface area contributed by atoms with Crippen LogP contribution in [-0.2, 0) is 12.6 Å². The molecule has 0 bridgehead atoms. The lowest BCUT2D eigenvalue weighted by Crippen LogP contribution is -2.19. The zero-order valence-electron chi connectivity index (χ0n) is 8.01. The highest BCUT2D eigenvalue weighted by Crippen LogP contribution is 2.32. The van der Waals surface area contributed by atoms with Crippen molar-refractivity contribution >= 4 is 5.91 Å². The number of carbonyl (C=O) groups excluding carboxylic acids is 1. The van der Waals surface area contributed by atoms with Crippen LogP contribution in [0.2, 0.25) is 0 Å². The summed E-state index contributed by atoms with van der Waals surface area (Å²) in [5, 5.41) is 8.37. The van der Waals surface area contributed by atoms with Crippen molar-refractivity contribution in [3.05, 3.63) is 34.9 Å². The fourth-order valence-corrected chi connectivity index (χ4v) is 1.24. The molecule has 0 aliphatic rings. The van der Waals surface area contributed by atoms with Crippen molar-refractivity contribution in [1.82, 2.24) is 0 Å². The van der Waals surface area contributed by atoms with Crippen molar-refractivity contribution < 1.29 is 18.0 Å². The predicted molar refractivity (Wildman–Crippen MR) is 49.3 cm³/mol. The highest BCUT2D eigenvalue weighted by Gasteiger charge is 2.34. The molecule has 0 radical (unpaired) electrons. The summed E-state index contributed by atoms with van der Waals surface area (Å²) in [4.78, 5) is 10.8. The normalized spacial score (nSPS) is 10.9. The fraction of sp³-hybridized carbons (Fsp3) is 0.200. The minimum Gasteiger partial charge on any atom is -0.366 e. The highest BCUT2D eigenvalue weighted by atomic mass is 19.4. The average Bonchev–Trinajstić information content (AvgIpc) is 2.16. The van der Waals surface area contributed by atoms with Crippen molar-refractivity contribution in [3.8, 4) is 6.07 Å². The largest absolute Gasteiger partial charge is 0.417 e. The maximum Gasteiger partial charge on any atom is 0.417 e. The lowest BCUT2D eigenvalue weighted by Gasteiger charge is -2.11. The minimum absolute atomic E-state index is 0.151. The molecule has 0 saturated heterocycles. The van der Waals surface area contributed by atoms with Gasteiger partial charge in [-0.3, -0.25) is 4.79 Å². The van der Waals surface area contributed by atoms with Gasteiger partial charge in [-0.05, 0) is 17.7 Å². The van der Waals surface area contributed by atoms with Gasteiger partial charge in [-0.25, -0.2) is 0 Å². The first-order chi connectivity index (χ1) is 7.36. The molecule has 0 aliphatic carbocycles. The van der Waals surface area contributed by atoms with Crippen molar-refractivity contribution in [3.63, 3.8) is 0 Å². The molecule has 0 spiro atoms. The molecule has 6 heteroatoms. The van der Waals surface area contributed by atoms with Crippen LogP contribution in [-0.4, -0.2) is 5.91 Å². The molecule has 1 aromatic rings. The first kappa shape index (κ1) is 12.0. The maximum atomic E-state index is 12.5. The van der Waals surface area contributed by atoms with Crippen molar-refractivity contribution in [2.45, 2.75) is 12.6 Å². The summed E-state index contributed by atoms with van der Waals surface area (Å²) >= 11 is 0. The van der Waals surface area contributed by atoms with Crippen LogP contribution in [0.15, 0.2) is 18.2 Å². The third-order valence-corrected chi connectivity index (χ3v) is 1.94. The van der Waals surface area contributed by atoms with E-state index in [9.17, 15) is 18.0 Å². The Balaban J connectivity index is 3.34. The number of nitriles is 1. The van der Waals surface area contributed by atoms with E-state index in [0.29, 0.717) is 0 Å². The summed E-state index contributed by atoms with van der Waals surface area (Å²) in [5.74, 6) is -1.14. The second-order valence-electron chi connectivity index (χ2n) is 3.08. The first-order valence-corrected chi connectivity index (χ1v) is 4.23. The Labute approximate surface area is 89.3 Å². The van der Waals surface area contributed by atoms with Gasteiger partial charge >= 0.3 is 6.18 Å². The average molecular weight is 228 g/mol. The number of benzene rings is 1. The van der Waals surface area contributed by atoms with Gasteiger partial charge in [0.1, 0.15) is 0 Å². The van der Waals surface area contributed by atoms with E-state index in [1.807, 2.05) is 0 Å². The molecule has 1 amide bonds. The molecule has 3 nitrogen and oxygen atoms in total. The number of carbonyl (C=O) groups is 1. The van der Waals surface area contributed by atoms with E-state index in [1.165, 1.54) is 6.07 Å². The van der Waals surface area contributed by atoms with E-state index in [1.54, 1.807) is 6.07 Å². The number of nitrogens with two attached hydrogens (primary N) is 1. The number of alkyl halides is 3. The smallest absolute Gasteiger partial charge is 0.366 e. The van der Waals surface area contributed by atoms with Crippen LogP contribution in [0.4, 0.5) is 13.2 Å². The number of hydrogen-bond donors (Lipinski definition) is 1. The summed E-state index contributed by atoms with van der Waals surface area (Å²) in [6, 6.07) is 4.76. The van der Waals surface area contributed by atoms with Gasteiger partial charge in [-0.2, -0.15) is 18.4 Å². The van der Waals surface area contributed by atoms with Crippen molar-refractivity contribution in [2.24, 2.45) is 5.73 Å². The van der Waals surface area contributed by atoms with Crippen molar-refractivity contribution in [1.29, 1.82) is 5.26 Å². The number of amides is 1. The molecule has 0 heterocycles. The molecule has 0 fully saturated rings. The SMILES string of the molecule is N#CCc1ccc(C(N)=O)c(C(F)(F)F)c1. The number of primary amides is 1. The topological polar surface area (TPSA) is 66.9 Å². The van der Waals surface area contributed by atoms with Crippen LogP contribution in [0.5, 0.6) is 0 Å². The second kappa shape index (κ2) is 4.23. The Morgan fingerprint density at radius 1 is 1.44 bits per heavy atom. The zero-order chi connectivity index (χ0) is 12.3. The van der Waals surface area contributed by atoms with Crippen LogP contribution in [0, 0.1) is 11.3 Å². The van der Waals surface area contributed by atoms with Crippen LogP contribution in [0.1, 0.15) is 21.5 Å². The summed E-state index contributed by atoms with van der Waals surface area (Å²) in [5.41, 5.74) is 3.33. The van der Waals surface area contributed by atoms with E-state index >= 15 is 0 Å². The van der Waals surface area contributed by atoms with Crippen LogP contribution < -0.4 is 5.73 Å². The van der Waals surface area contributed by atoms with Gasteiger partial charge in [0, 0.05) is 0 Å². The third kappa shape index (κ3) is 2.51.